The zero-order valence-electron chi connectivity index (χ0n) is 21.9. The third-order valence-corrected chi connectivity index (χ3v) is 7.60. The Hall–Kier alpha value is -3.54. The summed E-state index contributed by atoms with van der Waals surface area (Å²) in [4.78, 5) is 43.5. The van der Waals surface area contributed by atoms with Gasteiger partial charge in [0.2, 0.25) is 23.9 Å². The van der Waals surface area contributed by atoms with Crippen molar-refractivity contribution in [3.63, 3.8) is 0 Å². The van der Waals surface area contributed by atoms with Crippen LogP contribution in [0.15, 0.2) is 47.5 Å². The van der Waals surface area contributed by atoms with Gasteiger partial charge in [-0.05, 0) is 37.8 Å². The molecular formula is C28H28ClF5N4O3. The molecule has 4 N–H and O–H groups in total. The summed E-state index contributed by atoms with van der Waals surface area (Å²) >= 11 is 6.35. The second-order valence-electron chi connectivity index (χ2n) is 10.5. The number of benzene rings is 2. The minimum atomic E-state index is -4.67. The van der Waals surface area contributed by atoms with Crippen LogP contribution in [-0.4, -0.2) is 41.7 Å². The smallest absolute Gasteiger partial charge is 0.369 e. The molecule has 0 bridgehead atoms. The fourth-order valence-corrected chi connectivity index (χ4v) is 5.50. The van der Waals surface area contributed by atoms with E-state index in [0.717, 1.165) is 5.56 Å². The maximum atomic E-state index is 13.5. The molecule has 7 nitrogen and oxygen atoms in total. The molecule has 3 atom stereocenters. The van der Waals surface area contributed by atoms with Gasteiger partial charge in [-0.25, -0.2) is 13.8 Å². The first-order valence-corrected chi connectivity index (χ1v) is 13.3. The third kappa shape index (κ3) is 7.41. The number of anilines is 1. The summed E-state index contributed by atoms with van der Waals surface area (Å²) in [6.07, 6.45) is -9.93. The molecule has 2 aromatic carbocycles. The first-order valence-electron chi connectivity index (χ1n) is 12.9. The highest BCUT2D eigenvalue weighted by Crippen LogP contribution is 2.46. The first-order chi connectivity index (χ1) is 19.1. The maximum Gasteiger partial charge on any atom is 0.389 e. The number of amides is 3. The van der Waals surface area contributed by atoms with Crippen LogP contribution in [0.4, 0.5) is 27.6 Å². The maximum absolute atomic E-state index is 13.5. The molecule has 2 aliphatic rings. The van der Waals surface area contributed by atoms with E-state index in [1.165, 1.54) is 0 Å². The molecule has 4 rings (SSSR count). The molecule has 0 radical (unpaired) electrons. The van der Waals surface area contributed by atoms with E-state index in [1.807, 2.05) is 13.0 Å². The average Bonchev–Trinajstić information content (AvgIpc) is 2.98. The largest absolute Gasteiger partial charge is 0.389 e. The number of fused-ring (bicyclic) bond motifs is 1. The molecule has 220 valence electrons. The monoisotopic (exact) mass is 598 g/mol. The fourth-order valence-electron chi connectivity index (χ4n) is 5.28. The molecule has 1 aliphatic heterocycles. The quantitative estimate of drug-likeness (QED) is 0.337. The molecule has 1 heterocycles. The number of nitrogens with two attached hydrogens (primary N) is 1. The van der Waals surface area contributed by atoms with Crippen molar-refractivity contribution in [2.75, 3.05) is 5.32 Å². The predicted octanol–water partition coefficient (Wildman–Crippen LogP) is 5.38. The number of benzodiazepines with no additional fused rings is 1. The Morgan fingerprint density at radius 2 is 1.85 bits per heavy atom. The summed E-state index contributed by atoms with van der Waals surface area (Å²) in [7, 11) is 0. The molecule has 0 aromatic heterocycles. The zero-order valence-corrected chi connectivity index (χ0v) is 22.7. The summed E-state index contributed by atoms with van der Waals surface area (Å²) in [5.41, 5.74) is 7.88. The van der Waals surface area contributed by atoms with Gasteiger partial charge >= 0.3 is 6.18 Å². The highest BCUT2D eigenvalue weighted by atomic mass is 35.5. The van der Waals surface area contributed by atoms with Gasteiger partial charge in [-0.15, -0.1) is 0 Å². The number of nitrogens with one attached hydrogen (secondary N) is 2. The third-order valence-electron chi connectivity index (χ3n) is 7.28. The summed E-state index contributed by atoms with van der Waals surface area (Å²) in [6, 6.07) is 12.0. The number of hydrogen-bond donors (Lipinski definition) is 3. The van der Waals surface area contributed by atoms with Crippen LogP contribution >= 0.6 is 11.6 Å². The Morgan fingerprint density at radius 3 is 2.46 bits per heavy atom. The van der Waals surface area contributed by atoms with E-state index in [0.29, 0.717) is 11.1 Å². The van der Waals surface area contributed by atoms with Crippen LogP contribution in [0.3, 0.4) is 0 Å². The van der Waals surface area contributed by atoms with E-state index in [4.69, 9.17) is 17.3 Å². The van der Waals surface area contributed by atoms with Gasteiger partial charge in [0, 0.05) is 42.2 Å². The second-order valence-corrected chi connectivity index (χ2v) is 11.0. The van der Waals surface area contributed by atoms with Crippen LogP contribution in [0.25, 0.3) is 0 Å². The number of carbonyl (C=O) groups is 3. The van der Waals surface area contributed by atoms with Gasteiger partial charge in [-0.2, -0.15) is 13.2 Å². The van der Waals surface area contributed by atoms with Crippen molar-refractivity contribution in [1.82, 2.24) is 5.32 Å². The summed E-state index contributed by atoms with van der Waals surface area (Å²) in [5, 5.41) is 5.17. The van der Waals surface area contributed by atoms with E-state index in [1.54, 1.807) is 36.4 Å². The summed E-state index contributed by atoms with van der Waals surface area (Å²) in [6.45, 7) is 1.84. The Kier molecular flexibility index (Phi) is 8.72. The molecule has 0 unspecified atom stereocenters. The number of rotatable bonds is 9. The number of aliphatic imine (C=N–C) groups is 1. The molecule has 1 aliphatic carbocycles. The average molecular weight is 599 g/mol. The second kappa shape index (κ2) is 11.8. The molecule has 13 heteroatoms. The van der Waals surface area contributed by atoms with Crippen molar-refractivity contribution < 1.29 is 36.3 Å². The van der Waals surface area contributed by atoms with E-state index in [2.05, 4.69) is 15.6 Å². The van der Waals surface area contributed by atoms with Crippen molar-refractivity contribution in [3.05, 3.63) is 64.2 Å². The molecule has 2 aromatic rings. The standard InChI is InChI=1S/C28H28ClF5N4O3/c1-14-4-2-5-16(10-14)21-18-6-3-7-20(29)22(18)37-26(41)24(36-21)38-25(40)17(8-9-28(32,33)34)19(23(35)39)11-15-12-27(30,31)13-15/h2-7,10,15,17,19,24H,8-9,11-13H2,1H3,(H2,35,39)(H,37,41)(H,38,40)/t17-,19+,24-/m1/s1. The Bertz CT molecular complexity index is 1370. The number of para-hydroxylation sites is 1. The number of primary amides is 1. The van der Waals surface area contributed by atoms with E-state index >= 15 is 0 Å². The minimum absolute atomic E-state index is 0.192. The highest BCUT2D eigenvalue weighted by Gasteiger charge is 2.48. The van der Waals surface area contributed by atoms with E-state index in [9.17, 15) is 36.3 Å². The van der Waals surface area contributed by atoms with Gasteiger partial charge in [0.1, 0.15) is 0 Å². The highest BCUT2D eigenvalue weighted by molar-refractivity contribution is 6.36. The molecule has 0 saturated heterocycles. The van der Waals surface area contributed by atoms with Crippen molar-refractivity contribution >= 4 is 40.7 Å². The number of alkyl halides is 5. The van der Waals surface area contributed by atoms with Gasteiger partial charge in [-0.1, -0.05) is 47.5 Å². The van der Waals surface area contributed by atoms with Crippen molar-refractivity contribution in [1.29, 1.82) is 0 Å². The van der Waals surface area contributed by atoms with E-state index in [-0.39, 0.29) is 22.8 Å². The van der Waals surface area contributed by atoms with E-state index < -0.39 is 79.4 Å². The van der Waals surface area contributed by atoms with Gasteiger partial charge in [0.05, 0.1) is 16.4 Å². The van der Waals surface area contributed by atoms with Crippen LogP contribution in [0, 0.1) is 24.7 Å². The molecule has 3 amide bonds. The van der Waals surface area contributed by atoms with Crippen LogP contribution in [0.1, 0.15) is 48.8 Å². The normalized spacial score (nSPS) is 20.0. The van der Waals surface area contributed by atoms with Crippen LogP contribution in [0.2, 0.25) is 5.02 Å². The lowest BCUT2D eigenvalue weighted by atomic mass is 9.72. The van der Waals surface area contributed by atoms with Crippen LogP contribution in [0.5, 0.6) is 0 Å². The summed E-state index contributed by atoms with van der Waals surface area (Å²) in [5.74, 6) is -9.70. The van der Waals surface area contributed by atoms with Gasteiger partial charge in [-0.3, -0.25) is 14.4 Å². The van der Waals surface area contributed by atoms with Crippen molar-refractivity contribution in [2.24, 2.45) is 28.5 Å². The summed E-state index contributed by atoms with van der Waals surface area (Å²) < 4.78 is 66.4. The number of carbonyl (C=O) groups excluding carboxylic acids is 3. The number of nitrogens with zero attached hydrogens (tertiary/aromatic N) is 1. The van der Waals surface area contributed by atoms with Gasteiger partial charge < -0.3 is 16.4 Å². The lowest BCUT2D eigenvalue weighted by Crippen LogP contribution is -2.49. The Labute approximate surface area is 237 Å². The van der Waals surface area contributed by atoms with Crippen molar-refractivity contribution in [2.45, 2.75) is 57.3 Å². The molecule has 41 heavy (non-hydrogen) atoms. The van der Waals surface area contributed by atoms with Crippen LogP contribution < -0.4 is 16.4 Å². The number of hydrogen-bond acceptors (Lipinski definition) is 4. The van der Waals surface area contributed by atoms with Crippen LogP contribution in [-0.2, 0) is 14.4 Å². The lowest BCUT2D eigenvalue weighted by molar-refractivity contribution is -0.149. The fraction of sp³-hybridized carbons (Fsp3) is 0.429. The topological polar surface area (TPSA) is 114 Å². The minimum Gasteiger partial charge on any atom is -0.369 e. The molecule has 0 spiro atoms. The first kappa shape index (κ1) is 30.4. The lowest BCUT2D eigenvalue weighted by Gasteiger charge is -2.38. The number of halogens is 6. The molecule has 1 saturated carbocycles. The number of aryl methyl sites for hydroxylation is 1. The molecule has 1 fully saturated rings. The zero-order chi connectivity index (χ0) is 30.1. The van der Waals surface area contributed by atoms with Gasteiger partial charge in [0.25, 0.3) is 5.91 Å². The van der Waals surface area contributed by atoms with Crippen molar-refractivity contribution in [3.8, 4) is 0 Å². The Morgan fingerprint density at radius 1 is 1.17 bits per heavy atom. The Balaban J connectivity index is 1.68. The van der Waals surface area contributed by atoms with Gasteiger partial charge in [0.15, 0.2) is 0 Å². The SMILES string of the molecule is Cc1cccc(C2=N[C@H](NC(=O)[C@H](CCC(F)(F)F)[C@H](CC3CC(F)(F)C3)C(N)=O)C(=O)Nc3c(Cl)cccc32)c1. The molecular weight excluding hydrogens is 571 g/mol. The predicted molar refractivity (Wildman–Crippen MR) is 143 cm³/mol.